The molecule has 0 spiro atoms. The lowest BCUT2D eigenvalue weighted by Crippen LogP contribution is -2.46. The van der Waals surface area contributed by atoms with E-state index >= 15 is 0 Å². The van der Waals surface area contributed by atoms with Crippen LogP contribution in [0.1, 0.15) is 41.5 Å². The van der Waals surface area contributed by atoms with Crippen molar-refractivity contribution >= 4 is 17.5 Å². The molecule has 0 bridgehead atoms. The summed E-state index contributed by atoms with van der Waals surface area (Å²) in [4.78, 5) is 45.7. The zero-order valence-corrected chi connectivity index (χ0v) is 19.8. The van der Waals surface area contributed by atoms with E-state index in [2.05, 4.69) is 0 Å². The van der Waals surface area contributed by atoms with Gasteiger partial charge in [-0.2, -0.15) is 0 Å². The summed E-state index contributed by atoms with van der Waals surface area (Å²) in [5, 5.41) is 0. The highest BCUT2D eigenvalue weighted by Gasteiger charge is 2.38. The molecule has 0 radical (unpaired) electrons. The molecular weight excluding hydrogens is 410 g/mol. The third-order valence-electron chi connectivity index (χ3n) is 5.62. The van der Waals surface area contributed by atoms with Crippen LogP contribution in [-0.2, 0) is 14.3 Å². The lowest BCUT2D eigenvalue weighted by Gasteiger charge is -2.35. The fourth-order valence-corrected chi connectivity index (χ4v) is 3.88. The van der Waals surface area contributed by atoms with Gasteiger partial charge in [-0.05, 0) is 20.8 Å². The van der Waals surface area contributed by atoms with Crippen LogP contribution in [-0.4, -0.2) is 98.9 Å². The molecule has 0 heterocycles. The van der Waals surface area contributed by atoms with Gasteiger partial charge in [-0.1, -0.05) is 24.3 Å². The molecule has 1 aromatic rings. The third kappa shape index (κ3) is 5.62. The van der Waals surface area contributed by atoms with Crippen LogP contribution in [0.15, 0.2) is 35.7 Å². The van der Waals surface area contributed by atoms with Crippen LogP contribution in [0.5, 0.6) is 0 Å². The van der Waals surface area contributed by atoms with E-state index in [-0.39, 0.29) is 36.3 Å². The molecule has 32 heavy (non-hydrogen) atoms. The Kier molecular flexibility index (Phi) is 10.0. The number of benzene rings is 1. The summed E-state index contributed by atoms with van der Waals surface area (Å²) < 4.78 is 10.3. The van der Waals surface area contributed by atoms with Crippen molar-refractivity contribution in [3.63, 3.8) is 0 Å². The van der Waals surface area contributed by atoms with E-state index in [1.807, 2.05) is 30.6 Å². The van der Waals surface area contributed by atoms with Crippen molar-refractivity contribution in [2.24, 2.45) is 0 Å². The van der Waals surface area contributed by atoms with Gasteiger partial charge in [0.05, 0.1) is 19.8 Å². The number of ether oxygens (including phenoxy) is 2. The molecule has 8 heteroatoms. The predicted octanol–water partition coefficient (Wildman–Crippen LogP) is 2.06. The number of likely N-dealkylation sites (N-methyl/N-ethyl adjacent to an activating group) is 2. The number of carbonyl (C=O) groups excluding carboxylic acids is 3. The van der Waals surface area contributed by atoms with E-state index in [1.165, 1.54) is 4.90 Å². The second-order valence-corrected chi connectivity index (χ2v) is 7.47. The number of nitrogens with zero attached hydrogens (tertiary/aromatic N) is 3. The van der Waals surface area contributed by atoms with Crippen LogP contribution in [0.4, 0.5) is 0 Å². The SMILES string of the molecule is CCN(CC)C1=C(N(CC)C(=O)CN(CCOC)CCOC)C(=O)c2ccccc2C1=O. The minimum absolute atomic E-state index is 0.0959. The number of fused-ring (bicyclic) bond motifs is 1. The molecule has 0 saturated heterocycles. The van der Waals surface area contributed by atoms with Crippen LogP contribution in [0, 0.1) is 0 Å². The molecule has 0 aromatic heterocycles. The van der Waals surface area contributed by atoms with Crippen LogP contribution in [0.3, 0.4) is 0 Å². The molecule has 1 amide bonds. The second-order valence-electron chi connectivity index (χ2n) is 7.47. The maximum absolute atomic E-state index is 13.6. The summed E-state index contributed by atoms with van der Waals surface area (Å²) in [6.45, 7) is 9.22. The van der Waals surface area contributed by atoms with E-state index in [9.17, 15) is 14.4 Å². The van der Waals surface area contributed by atoms with Gasteiger partial charge in [0.2, 0.25) is 17.5 Å². The van der Waals surface area contributed by atoms with Gasteiger partial charge in [-0.15, -0.1) is 0 Å². The molecule has 0 saturated carbocycles. The number of hydrogen-bond donors (Lipinski definition) is 0. The fourth-order valence-electron chi connectivity index (χ4n) is 3.88. The monoisotopic (exact) mass is 445 g/mol. The lowest BCUT2D eigenvalue weighted by atomic mass is 9.89. The number of Topliss-reactive ketones (excluding diaryl/α,β-unsaturated/α-hetero) is 2. The Morgan fingerprint density at radius 3 is 1.75 bits per heavy atom. The van der Waals surface area contributed by atoms with Crippen molar-refractivity contribution in [1.29, 1.82) is 0 Å². The Bertz CT molecular complexity index is 840. The van der Waals surface area contributed by atoms with E-state index in [0.717, 1.165) is 0 Å². The summed E-state index contributed by atoms with van der Waals surface area (Å²) in [7, 11) is 3.22. The third-order valence-corrected chi connectivity index (χ3v) is 5.62. The molecule has 8 nitrogen and oxygen atoms in total. The normalized spacial score (nSPS) is 13.6. The first-order valence-corrected chi connectivity index (χ1v) is 11.1. The predicted molar refractivity (Wildman–Crippen MR) is 123 cm³/mol. The first-order chi connectivity index (χ1) is 15.4. The average molecular weight is 446 g/mol. The molecule has 0 aliphatic heterocycles. The highest BCUT2D eigenvalue weighted by molar-refractivity contribution is 6.27. The highest BCUT2D eigenvalue weighted by Crippen LogP contribution is 2.30. The molecule has 1 aliphatic carbocycles. The quantitative estimate of drug-likeness (QED) is 0.460. The van der Waals surface area contributed by atoms with Gasteiger partial charge >= 0.3 is 0 Å². The number of carbonyl (C=O) groups is 3. The minimum atomic E-state index is -0.294. The standard InChI is InChI=1S/C24H35N3O5/c1-6-26(7-2)21-22(24(30)19-12-10-9-11-18(19)23(21)29)27(8-3)20(28)17-25(13-15-31-4)14-16-32-5/h9-12H,6-8,13-17H2,1-5H3. The van der Waals surface area contributed by atoms with Gasteiger partial charge in [0.25, 0.3) is 0 Å². The van der Waals surface area contributed by atoms with E-state index < -0.39 is 0 Å². The van der Waals surface area contributed by atoms with Crippen molar-refractivity contribution in [2.75, 3.05) is 66.7 Å². The second kappa shape index (κ2) is 12.5. The summed E-state index contributed by atoms with van der Waals surface area (Å²) in [5.41, 5.74) is 1.19. The van der Waals surface area contributed by atoms with Crippen LogP contribution < -0.4 is 0 Å². The van der Waals surface area contributed by atoms with Crippen molar-refractivity contribution in [1.82, 2.24) is 14.7 Å². The minimum Gasteiger partial charge on any atom is -0.383 e. The summed E-state index contributed by atoms with van der Waals surface area (Å²) in [6, 6.07) is 6.81. The summed E-state index contributed by atoms with van der Waals surface area (Å²) >= 11 is 0. The van der Waals surface area contributed by atoms with Crippen LogP contribution >= 0.6 is 0 Å². The molecule has 1 aliphatic rings. The van der Waals surface area contributed by atoms with Crippen molar-refractivity contribution in [3.05, 3.63) is 46.8 Å². The Morgan fingerprint density at radius 2 is 1.31 bits per heavy atom. The number of hydrogen-bond acceptors (Lipinski definition) is 7. The van der Waals surface area contributed by atoms with E-state index in [0.29, 0.717) is 56.2 Å². The Balaban J connectivity index is 2.48. The molecule has 1 aromatic carbocycles. The largest absolute Gasteiger partial charge is 0.383 e. The first-order valence-electron chi connectivity index (χ1n) is 11.1. The topological polar surface area (TPSA) is 79.4 Å². The zero-order valence-electron chi connectivity index (χ0n) is 19.8. The molecular formula is C24H35N3O5. The van der Waals surface area contributed by atoms with Crippen LogP contribution in [0.2, 0.25) is 0 Å². The van der Waals surface area contributed by atoms with Gasteiger partial charge < -0.3 is 19.3 Å². The van der Waals surface area contributed by atoms with Crippen molar-refractivity contribution < 1.29 is 23.9 Å². The van der Waals surface area contributed by atoms with E-state index in [1.54, 1.807) is 38.5 Å². The van der Waals surface area contributed by atoms with Crippen molar-refractivity contribution in [3.8, 4) is 0 Å². The molecule has 0 N–H and O–H groups in total. The smallest absolute Gasteiger partial charge is 0.241 e. The average Bonchev–Trinajstić information content (AvgIpc) is 2.81. The summed E-state index contributed by atoms with van der Waals surface area (Å²) in [5.74, 6) is -0.752. The number of allylic oxidation sites excluding steroid dienone is 2. The fraction of sp³-hybridized carbons (Fsp3) is 0.542. The molecule has 176 valence electrons. The van der Waals surface area contributed by atoms with Gasteiger partial charge in [-0.3, -0.25) is 19.3 Å². The number of amides is 1. The van der Waals surface area contributed by atoms with E-state index in [4.69, 9.17) is 9.47 Å². The lowest BCUT2D eigenvalue weighted by molar-refractivity contribution is -0.130. The Labute approximate surface area is 190 Å². The number of rotatable bonds is 13. The number of ketones is 2. The van der Waals surface area contributed by atoms with Gasteiger partial charge in [0.15, 0.2) is 0 Å². The van der Waals surface area contributed by atoms with Gasteiger partial charge in [-0.25, -0.2) is 0 Å². The Morgan fingerprint density at radius 1 is 0.812 bits per heavy atom. The molecule has 0 unspecified atom stereocenters. The van der Waals surface area contributed by atoms with Gasteiger partial charge in [0, 0.05) is 58.1 Å². The molecule has 0 fully saturated rings. The van der Waals surface area contributed by atoms with Gasteiger partial charge in [0.1, 0.15) is 11.4 Å². The summed E-state index contributed by atoms with van der Waals surface area (Å²) in [6.07, 6.45) is 0. The molecule has 2 rings (SSSR count). The highest BCUT2D eigenvalue weighted by atomic mass is 16.5. The Hall–Kier alpha value is -2.55. The maximum Gasteiger partial charge on any atom is 0.241 e. The number of methoxy groups -OCH3 is 2. The molecule has 0 atom stereocenters. The zero-order chi connectivity index (χ0) is 23.7. The first kappa shape index (κ1) is 25.7. The van der Waals surface area contributed by atoms with Crippen molar-refractivity contribution in [2.45, 2.75) is 20.8 Å². The maximum atomic E-state index is 13.6. The van der Waals surface area contributed by atoms with Crippen LogP contribution in [0.25, 0.3) is 0 Å².